The molecular formula is C26H29ClN2O5. The molecule has 5 rings (SSSR count). The second-order valence-electron chi connectivity index (χ2n) is 9.38. The summed E-state index contributed by atoms with van der Waals surface area (Å²) >= 11 is 5.91. The van der Waals surface area contributed by atoms with Gasteiger partial charge in [-0.25, -0.2) is 0 Å². The Balaban J connectivity index is 1.23. The first-order valence-electron chi connectivity index (χ1n) is 11.9. The van der Waals surface area contributed by atoms with Crippen molar-refractivity contribution in [3.63, 3.8) is 0 Å². The third kappa shape index (κ3) is 4.92. The number of carbonyl (C=O) groups excluding carboxylic acids is 2. The van der Waals surface area contributed by atoms with Crippen molar-refractivity contribution in [2.75, 3.05) is 11.9 Å². The van der Waals surface area contributed by atoms with Crippen LogP contribution in [0.25, 0.3) is 0 Å². The van der Waals surface area contributed by atoms with Gasteiger partial charge in [-0.3, -0.25) is 9.59 Å². The predicted molar refractivity (Wildman–Crippen MR) is 128 cm³/mol. The second-order valence-corrected chi connectivity index (χ2v) is 9.82. The molecule has 0 bridgehead atoms. The number of nitrogens with one attached hydrogen (secondary N) is 2. The van der Waals surface area contributed by atoms with E-state index >= 15 is 0 Å². The molecule has 0 spiro atoms. The van der Waals surface area contributed by atoms with Crippen LogP contribution >= 0.6 is 11.6 Å². The maximum atomic E-state index is 12.6. The third-order valence-electron chi connectivity index (χ3n) is 7.06. The molecule has 1 saturated carbocycles. The first kappa shape index (κ1) is 23.1. The fourth-order valence-electron chi connectivity index (χ4n) is 4.96. The van der Waals surface area contributed by atoms with E-state index in [1.165, 1.54) is 0 Å². The van der Waals surface area contributed by atoms with Crippen molar-refractivity contribution >= 4 is 29.1 Å². The van der Waals surface area contributed by atoms with Gasteiger partial charge in [0.05, 0.1) is 19.1 Å². The van der Waals surface area contributed by atoms with Gasteiger partial charge in [0, 0.05) is 34.7 Å². The van der Waals surface area contributed by atoms with E-state index in [4.69, 9.17) is 21.1 Å². The predicted octanol–water partition coefficient (Wildman–Crippen LogP) is 3.78. The molecular weight excluding hydrogens is 456 g/mol. The van der Waals surface area contributed by atoms with Crippen molar-refractivity contribution in [3.05, 3.63) is 58.6 Å². The highest BCUT2D eigenvalue weighted by Crippen LogP contribution is 2.47. The number of hydrogen-bond acceptors (Lipinski definition) is 5. The number of ether oxygens (including phenoxy) is 2. The van der Waals surface area contributed by atoms with Gasteiger partial charge in [0.25, 0.3) is 0 Å². The summed E-state index contributed by atoms with van der Waals surface area (Å²) in [4.78, 5) is 25.0. The molecule has 2 aliphatic heterocycles. The Bertz CT molecular complexity index is 1060. The number of rotatable bonds is 7. The summed E-state index contributed by atoms with van der Waals surface area (Å²) in [6.07, 6.45) is 2.62. The summed E-state index contributed by atoms with van der Waals surface area (Å²) in [6.45, 7) is 0.220. The molecule has 4 atom stereocenters. The zero-order valence-corrected chi connectivity index (χ0v) is 19.6. The molecule has 0 unspecified atom stereocenters. The van der Waals surface area contributed by atoms with E-state index in [1.807, 2.05) is 30.3 Å². The van der Waals surface area contributed by atoms with Gasteiger partial charge in [-0.15, -0.1) is 0 Å². The summed E-state index contributed by atoms with van der Waals surface area (Å²) < 4.78 is 12.2. The Morgan fingerprint density at radius 1 is 1.12 bits per heavy atom. The molecule has 2 amide bonds. The molecule has 2 aromatic rings. The Morgan fingerprint density at radius 3 is 2.62 bits per heavy atom. The van der Waals surface area contributed by atoms with Crippen LogP contribution in [0.3, 0.4) is 0 Å². The lowest BCUT2D eigenvalue weighted by Crippen LogP contribution is -2.47. The highest BCUT2D eigenvalue weighted by molar-refractivity contribution is 6.30. The maximum Gasteiger partial charge on any atom is 0.227 e. The van der Waals surface area contributed by atoms with Crippen molar-refractivity contribution in [3.8, 4) is 5.75 Å². The number of anilines is 1. The average Bonchev–Trinajstić information content (AvgIpc) is 3.15. The number of carbonyl (C=O) groups is 2. The van der Waals surface area contributed by atoms with E-state index in [2.05, 4.69) is 10.6 Å². The topological polar surface area (TPSA) is 96.9 Å². The normalized spacial score (nSPS) is 25.5. The van der Waals surface area contributed by atoms with Gasteiger partial charge < -0.3 is 25.2 Å². The van der Waals surface area contributed by atoms with Crippen LogP contribution in [0.5, 0.6) is 5.75 Å². The molecule has 180 valence electrons. The molecule has 8 heteroatoms. The van der Waals surface area contributed by atoms with E-state index in [0.717, 1.165) is 41.8 Å². The molecule has 0 radical (unpaired) electrons. The minimum absolute atomic E-state index is 0.0180. The van der Waals surface area contributed by atoms with Crippen LogP contribution in [0.4, 0.5) is 5.69 Å². The number of hydrogen-bond donors (Lipinski definition) is 3. The van der Waals surface area contributed by atoms with Gasteiger partial charge >= 0.3 is 0 Å². The fourth-order valence-corrected chi connectivity index (χ4v) is 5.09. The molecule has 1 saturated heterocycles. The molecule has 34 heavy (non-hydrogen) atoms. The molecule has 3 aliphatic rings. The highest BCUT2D eigenvalue weighted by atomic mass is 35.5. The van der Waals surface area contributed by atoms with Gasteiger partial charge in [0.1, 0.15) is 18.0 Å². The summed E-state index contributed by atoms with van der Waals surface area (Å²) in [7, 11) is 0. The molecule has 1 aliphatic carbocycles. The summed E-state index contributed by atoms with van der Waals surface area (Å²) in [5.74, 6) is 0.782. The van der Waals surface area contributed by atoms with Crippen molar-refractivity contribution in [2.24, 2.45) is 5.92 Å². The number of amides is 2. The minimum Gasteiger partial charge on any atom is -0.487 e. The van der Waals surface area contributed by atoms with Crippen molar-refractivity contribution in [1.82, 2.24) is 5.32 Å². The number of fused-ring (bicyclic) bond motifs is 3. The number of benzene rings is 2. The molecule has 0 aromatic heterocycles. The zero-order valence-electron chi connectivity index (χ0n) is 18.8. The van der Waals surface area contributed by atoms with Gasteiger partial charge in [0.15, 0.2) is 0 Å². The molecule has 2 heterocycles. The van der Waals surface area contributed by atoms with E-state index in [0.29, 0.717) is 18.0 Å². The Morgan fingerprint density at radius 2 is 1.91 bits per heavy atom. The monoisotopic (exact) mass is 484 g/mol. The Hall–Kier alpha value is -2.61. The number of aliphatic hydroxyl groups excluding tert-OH is 1. The van der Waals surface area contributed by atoms with Crippen LogP contribution < -0.4 is 15.4 Å². The van der Waals surface area contributed by atoms with E-state index in [1.54, 1.807) is 12.1 Å². The smallest absolute Gasteiger partial charge is 0.227 e. The fraction of sp³-hybridized carbons (Fsp3) is 0.462. The quantitative estimate of drug-likeness (QED) is 0.555. The van der Waals surface area contributed by atoms with Crippen LogP contribution in [0.1, 0.15) is 49.1 Å². The SMILES string of the molecule is O=C(C[C@H]1C[C@@H]2c3cc(NC(=O)C4CCC4)ccc3O[C@@H]2[C@@H](CO)O1)NCc1ccc(Cl)cc1. The Kier molecular flexibility index (Phi) is 6.77. The first-order chi connectivity index (χ1) is 16.5. The molecule has 2 aromatic carbocycles. The van der Waals surface area contributed by atoms with E-state index < -0.39 is 6.10 Å². The van der Waals surface area contributed by atoms with Crippen molar-refractivity contribution in [1.29, 1.82) is 0 Å². The van der Waals surface area contributed by atoms with Crippen LogP contribution in [0.15, 0.2) is 42.5 Å². The first-order valence-corrected chi connectivity index (χ1v) is 12.3. The highest BCUT2D eigenvalue weighted by Gasteiger charge is 2.46. The minimum atomic E-state index is -0.520. The lowest BCUT2D eigenvalue weighted by Gasteiger charge is -2.37. The van der Waals surface area contributed by atoms with E-state index in [-0.39, 0.29) is 48.9 Å². The molecule has 2 fully saturated rings. The number of halogens is 1. The lowest BCUT2D eigenvalue weighted by molar-refractivity contribution is -0.142. The van der Waals surface area contributed by atoms with Crippen LogP contribution in [-0.4, -0.2) is 41.8 Å². The Labute approximate surface area is 203 Å². The van der Waals surface area contributed by atoms with Crippen LogP contribution in [-0.2, 0) is 20.9 Å². The van der Waals surface area contributed by atoms with Crippen LogP contribution in [0, 0.1) is 5.92 Å². The third-order valence-corrected chi connectivity index (χ3v) is 7.31. The van der Waals surface area contributed by atoms with Gasteiger partial charge in [-0.2, -0.15) is 0 Å². The zero-order chi connectivity index (χ0) is 23.7. The van der Waals surface area contributed by atoms with Crippen molar-refractivity contribution < 1.29 is 24.2 Å². The molecule has 3 N–H and O–H groups in total. The summed E-state index contributed by atoms with van der Waals surface area (Å²) in [6, 6.07) is 13.0. The maximum absolute atomic E-state index is 12.6. The van der Waals surface area contributed by atoms with Crippen molar-refractivity contribution in [2.45, 2.75) is 62.9 Å². The second kappa shape index (κ2) is 9.94. The standard InChI is InChI=1S/C26H29ClN2O5/c27-17-6-4-15(5-7-17)13-28-24(31)12-19-11-21-20-10-18(29-26(32)16-2-1-3-16)8-9-22(20)34-25(21)23(14-30)33-19/h4-10,16,19,21,23,25,30H,1-3,11-14H2,(H,28,31)(H,29,32)/t19-,21-,23-,25+/m1/s1. The summed E-state index contributed by atoms with van der Waals surface area (Å²) in [5, 5.41) is 16.5. The summed E-state index contributed by atoms with van der Waals surface area (Å²) in [5.41, 5.74) is 2.71. The molecule has 7 nitrogen and oxygen atoms in total. The number of aliphatic hydroxyl groups is 1. The van der Waals surface area contributed by atoms with E-state index in [9.17, 15) is 14.7 Å². The van der Waals surface area contributed by atoms with Crippen LogP contribution in [0.2, 0.25) is 5.02 Å². The largest absolute Gasteiger partial charge is 0.487 e. The van der Waals surface area contributed by atoms with Gasteiger partial charge in [-0.1, -0.05) is 30.2 Å². The average molecular weight is 485 g/mol. The van der Waals surface area contributed by atoms with Gasteiger partial charge in [-0.05, 0) is 55.2 Å². The van der Waals surface area contributed by atoms with Gasteiger partial charge in [0.2, 0.25) is 11.8 Å². The lowest BCUT2D eigenvalue weighted by atomic mass is 9.83.